The van der Waals surface area contributed by atoms with Crippen LogP contribution in [0.25, 0.3) is 5.57 Å². The molecule has 0 spiro atoms. The molecule has 0 aromatic heterocycles. The van der Waals surface area contributed by atoms with Crippen LogP contribution in [-0.4, -0.2) is 24.8 Å². The normalized spacial score (nSPS) is 18.6. The summed E-state index contributed by atoms with van der Waals surface area (Å²) in [6.45, 7) is 3.47. The summed E-state index contributed by atoms with van der Waals surface area (Å²) in [5, 5.41) is 9.82. The van der Waals surface area contributed by atoms with Crippen LogP contribution in [0.3, 0.4) is 0 Å². The van der Waals surface area contributed by atoms with Crippen LogP contribution in [-0.2, 0) is 15.7 Å². The van der Waals surface area contributed by atoms with Gasteiger partial charge in [-0.25, -0.2) is 4.39 Å². The highest BCUT2D eigenvalue weighted by atomic mass is 19.4. The van der Waals surface area contributed by atoms with E-state index in [9.17, 15) is 27.5 Å². The lowest BCUT2D eigenvalue weighted by atomic mass is 9.89. The summed E-state index contributed by atoms with van der Waals surface area (Å²) in [6, 6.07) is 11.6. The number of hydrogen-bond acceptors (Lipinski definition) is 3. The molecule has 180 valence electrons. The maximum atomic E-state index is 13.1. The molecule has 0 saturated heterocycles. The van der Waals surface area contributed by atoms with Crippen molar-refractivity contribution in [2.75, 3.05) is 13.7 Å². The number of carbonyl (C=O) groups is 1. The Bertz CT molecular complexity index is 936. The van der Waals surface area contributed by atoms with Crippen molar-refractivity contribution in [1.82, 2.24) is 0 Å². The van der Waals surface area contributed by atoms with Gasteiger partial charge in [0.05, 0.1) is 25.2 Å². The van der Waals surface area contributed by atoms with E-state index in [1.165, 1.54) is 25.3 Å². The Hall–Kier alpha value is -2.67. The minimum Gasteiger partial charge on any atom is -0.469 e. The van der Waals surface area contributed by atoms with E-state index < -0.39 is 11.7 Å². The van der Waals surface area contributed by atoms with Gasteiger partial charge in [-0.05, 0) is 72.1 Å². The standard InChI is InChI=1S/C20H25F3O3.C6H5F/c1-12(2)17-7-6-16(20(21,22)23)10-18(17)15(11-24)9-13-4-5-14(8-13)19(25)26-3;7-6-4-2-1-3-5-6/h6-7,9-10,12-14,24H,4-5,8,11H2,1-3H3;1-5H/b15-9+;/t13-,14+;/m1./s1. The highest BCUT2D eigenvalue weighted by Gasteiger charge is 2.32. The van der Waals surface area contributed by atoms with Gasteiger partial charge in [-0.2, -0.15) is 13.2 Å². The Balaban J connectivity index is 0.000000468. The second-order valence-corrected chi connectivity index (χ2v) is 8.39. The SMILES string of the molecule is COC(=O)[C@H]1CC[C@@H](/C=C(\CO)c2cc(C(F)(F)F)ccc2C(C)C)C1.Fc1ccccc1. The maximum absolute atomic E-state index is 13.1. The van der Waals surface area contributed by atoms with E-state index in [-0.39, 0.29) is 36.1 Å². The molecule has 0 heterocycles. The van der Waals surface area contributed by atoms with E-state index in [0.29, 0.717) is 24.0 Å². The van der Waals surface area contributed by atoms with Crippen LogP contribution in [0.15, 0.2) is 54.6 Å². The highest BCUT2D eigenvalue weighted by molar-refractivity contribution is 5.73. The fraction of sp³-hybridized carbons (Fsp3) is 0.423. The first kappa shape index (κ1) is 26.6. The van der Waals surface area contributed by atoms with Crippen LogP contribution in [0.1, 0.15) is 55.7 Å². The molecule has 1 N–H and O–H groups in total. The number of carbonyl (C=O) groups excluding carboxylic acids is 1. The Kier molecular flexibility index (Phi) is 9.65. The second kappa shape index (κ2) is 12.0. The third kappa shape index (κ3) is 7.70. The molecule has 0 aliphatic heterocycles. The predicted octanol–water partition coefficient (Wildman–Crippen LogP) is 6.62. The molecule has 3 nitrogen and oxygen atoms in total. The van der Waals surface area contributed by atoms with Crippen molar-refractivity contribution in [2.24, 2.45) is 11.8 Å². The molecular weight excluding hydrogens is 436 g/mol. The minimum atomic E-state index is -4.44. The van der Waals surface area contributed by atoms with Crippen molar-refractivity contribution in [3.63, 3.8) is 0 Å². The predicted molar refractivity (Wildman–Crippen MR) is 120 cm³/mol. The molecule has 2 aromatic carbocycles. The monoisotopic (exact) mass is 466 g/mol. The molecule has 1 aliphatic carbocycles. The van der Waals surface area contributed by atoms with Crippen LogP contribution in [0.2, 0.25) is 0 Å². The number of aliphatic hydroxyl groups is 1. The summed E-state index contributed by atoms with van der Waals surface area (Å²) in [4.78, 5) is 11.7. The lowest BCUT2D eigenvalue weighted by molar-refractivity contribution is -0.145. The quantitative estimate of drug-likeness (QED) is 0.398. The van der Waals surface area contributed by atoms with Crippen LogP contribution in [0.5, 0.6) is 0 Å². The van der Waals surface area contributed by atoms with E-state index in [4.69, 9.17) is 4.74 Å². The van der Waals surface area contributed by atoms with Crippen molar-refractivity contribution < 1.29 is 32.2 Å². The van der Waals surface area contributed by atoms with Gasteiger partial charge >= 0.3 is 12.1 Å². The summed E-state index contributed by atoms with van der Waals surface area (Å²) in [7, 11) is 1.35. The van der Waals surface area contributed by atoms with E-state index in [2.05, 4.69) is 0 Å². The summed E-state index contributed by atoms with van der Waals surface area (Å²) < 4.78 is 56.0. The van der Waals surface area contributed by atoms with Crippen molar-refractivity contribution in [3.8, 4) is 0 Å². The molecule has 7 heteroatoms. The highest BCUT2D eigenvalue weighted by Crippen LogP contribution is 2.38. The van der Waals surface area contributed by atoms with Gasteiger partial charge in [-0.1, -0.05) is 44.2 Å². The summed E-state index contributed by atoms with van der Waals surface area (Å²) in [5.74, 6) is -0.562. The molecule has 0 amide bonds. The van der Waals surface area contributed by atoms with Gasteiger partial charge in [-0.15, -0.1) is 0 Å². The maximum Gasteiger partial charge on any atom is 0.416 e. The Morgan fingerprint density at radius 2 is 1.82 bits per heavy atom. The molecule has 2 aromatic rings. The van der Waals surface area contributed by atoms with Crippen LogP contribution >= 0.6 is 0 Å². The molecule has 33 heavy (non-hydrogen) atoms. The number of esters is 1. The van der Waals surface area contributed by atoms with Gasteiger partial charge in [0.1, 0.15) is 5.82 Å². The van der Waals surface area contributed by atoms with Gasteiger partial charge in [-0.3, -0.25) is 4.79 Å². The summed E-state index contributed by atoms with van der Waals surface area (Å²) in [5.41, 5.74) is 0.949. The second-order valence-electron chi connectivity index (χ2n) is 8.39. The van der Waals surface area contributed by atoms with Crippen molar-refractivity contribution in [1.29, 1.82) is 0 Å². The lowest BCUT2D eigenvalue weighted by Crippen LogP contribution is -2.12. The number of aliphatic hydroxyl groups excluding tert-OH is 1. The first-order valence-corrected chi connectivity index (χ1v) is 10.9. The molecule has 3 rings (SSSR count). The number of halogens is 4. The van der Waals surface area contributed by atoms with Crippen molar-refractivity contribution in [2.45, 2.75) is 45.2 Å². The average Bonchev–Trinajstić information content (AvgIpc) is 3.25. The number of benzene rings is 2. The number of methoxy groups -OCH3 is 1. The fourth-order valence-electron chi connectivity index (χ4n) is 3.99. The smallest absolute Gasteiger partial charge is 0.416 e. The van der Waals surface area contributed by atoms with Gasteiger partial charge in [0.15, 0.2) is 0 Å². The fourth-order valence-corrected chi connectivity index (χ4v) is 3.99. The molecule has 0 bridgehead atoms. The largest absolute Gasteiger partial charge is 0.469 e. The van der Waals surface area contributed by atoms with Gasteiger partial charge in [0, 0.05) is 0 Å². The van der Waals surface area contributed by atoms with E-state index >= 15 is 0 Å². The van der Waals surface area contributed by atoms with Gasteiger partial charge in [0.2, 0.25) is 0 Å². The summed E-state index contributed by atoms with van der Waals surface area (Å²) >= 11 is 0. The van der Waals surface area contributed by atoms with E-state index in [1.54, 1.807) is 18.2 Å². The molecular formula is C26H30F4O3. The minimum absolute atomic E-state index is 0.0219. The van der Waals surface area contributed by atoms with Gasteiger partial charge < -0.3 is 9.84 Å². The lowest BCUT2D eigenvalue weighted by Gasteiger charge is -2.18. The van der Waals surface area contributed by atoms with Crippen molar-refractivity contribution >= 4 is 11.5 Å². The zero-order chi connectivity index (χ0) is 24.6. The zero-order valence-electron chi connectivity index (χ0n) is 19.0. The molecule has 0 radical (unpaired) electrons. The number of alkyl halides is 3. The first-order chi connectivity index (χ1) is 15.6. The van der Waals surface area contributed by atoms with E-state index in [0.717, 1.165) is 24.1 Å². The third-order valence-electron chi connectivity index (χ3n) is 5.70. The Morgan fingerprint density at radius 3 is 2.30 bits per heavy atom. The number of allylic oxidation sites excluding steroid dienone is 1. The molecule has 1 fully saturated rings. The molecule has 0 unspecified atom stereocenters. The molecule has 2 atom stereocenters. The van der Waals surface area contributed by atoms with E-state index in [1.807, 2.05) is 19.9 Å². The topological polar surface area (TPSA) is 46.5 Å². The average molecular weight is 467 g/mol. The Labute approximate surface area is 192 Å². The van der Waals surface area contributed by atoms with Crippen LogP contribution in [0, 0.1) is 17.7 Å². The first-order valence-electron chi connectivity index (χ1n) is 10.9. The van der Waals surface area contributed by atoms with Gasteiger partial charge in [0.25, 0.3) is 0 Å². The van der Waals surface area contributed by atoms with Crippen molar-refractivity contribution in [3.05, 3.63) is 77.1 Å². The molecule has 1 saturated carbocycles. The number of rotatable bonds is 5. The van der Waals surface area contributed by atoms with Crippen LogP contribution < -0.4 is 0 Å². The third-order valence-corrected chi connectivity index (χ3v) is 5.70. The van der Waals surface area contributed by atoms with Crippen LogP contribution in [0.4, 0.5) is 17.6 Å². The summed E-state index contributed by atoms with van der Waals surface area (Å²) in [6.07, 6.45) is -0.587. The Morgan fingerprint density at radius 1 is 1.15 bits per heavy atom. The molecule has 1 aliphatic rings. The number of ether oxygens (including phenoxy) is 1. The zero-order valence-corrected chi connectivity index (χ0v) is 19.0. The number of hydrogen-bond donors (Lipinski definition) is 1.